The quantitative estimate of drug-likeness (QED) is 0.715. The molecule has 1 aromatic heterocycles. The second-order valence-corrected chi connectivity index (χ2v) is 6.29. The van der Waals surface area contributed by atoms with Crippen LogP contribution in [0.4, 0.5) is 4.39 Å². The van der Waals surface area contributed by atoms with Crippen LogP contribution in [0.15, 0.2) is 60.9 Å². The predicted octanol–water partition coefficient (Wildman–Crippen LogP) is 3.10. The van der Waals surface area contributed by atoms with Crippen molar-refractivity contribution in [2.75, 3.05) is 0 Å². The van der Waals surface area contributed by atoms with Gasteiger partial charge in [-0.05, 0) is 48.9 Å². The fourth-order valence-corrected chi connectivity index (χ4v) is 2.73. The van der Waals surface area contributed by atoms with Crippen LogP contribution in [-0.4, -0.2) is 21.6 Å². The Kier molecular flexibility index (Phi) is 5.70. The summed E-state index contributed by atoms with van der Waals surface area (Å²) >= 11 is 0. The number of ether oxygens (including phenoxy) is 1. The zero-order chi connectivity index (χ0) is 20.1. The number of nitrogens with zero attached hydrogens (tertiary/aromatic N) is 3. The van der Waals surface area contributed by atoms with Gasteiger partial charge in [0.1, 0.15) is 23.4 Å². The summed E-state index contributed by atoms with van der Waals surface area (Å²) in [5.41, 5.74) is 1.21. The number of hydrogen-bond donors (Lipinski definition) is 1. The number of carbonyl (C=O) groups is 1. The van der Waals surface area contributed by atoms with E-state index < -0.39 is 12.1 Å². The van der Waals surface area contributed by atoms with Crippen LogP contribution in [0.3, 0.4) is 0 Å². The molecule has 2 unspecified atom stereocenters. The lowest BCUT2D eigenvalue weighted by Crippen LogP contribution is -2.39. The predicted molar refractivity (Wildman–Crippen MR) is 101 cm³/mol. The molecule has 0 bridgehead atoms. The molecule has 2 aromatic carbocycles. The molecule has 28 heavy (non-hydrogen) atoms. The van der Waals surface area contributed by atoms with Gasteiger partial charge in [0.2, 0.25) is 0 Å². The number of amides is 1. The molecule has 0 saturated heterocycles. The minimum absolute atomic E-state index is 0.346. The molecule has 0 fully saturated rings. The molecule has 1 amide bonds. The zero-order valence-electron chi connectivity index (χ0n) is 15.5. The smallest absolute Gasteiger partial charge is 0.261 e. The van der Waals surface area contributed by atoms with Gasteiger partial charge in [-0.25, -0.2) is 9.37 Å². The van der Waals surface area contributed by atoms with Crippen LogP contribution < -0.4 is 10.1 Å². The molecule has 3 aromatic rings. The summed E-state index contributed by atoms with van der Waals surface area (Å²) in [6.45, 7) is 1.63. The number of nitrogens with one attached hydrogen (secondary N) is 1. The highest BCUT2D eigenvalue weighted by atomic mass is 19.1. The van der Waals surface area contributed by atoms with E-state index in [4.69, 9.17) is 10.00 Å². The van der Waals surface area contributed by atoms with Crippen molar-refractivity contribution in [3.05, 3.63) is 83.7 Å². The van der Waals surface area contributed by atoms with Crippen molar-refractivity contribution in [2.45, 2.75) is 19.1 Å². The summed E-state index contributed by atoms with van der Waals surface area (Å²) in [5.74, 6) is 0.398. The third kappa shape index (κ3) is 4.35. The number of aromatic nitrogens is 2. The standard InChI is InChI=1S/C21H19FN4O2/c1-14(28-18-9-3-15(13-23)4-10-18)21(27)25-19(20-24-11-12-26(20)2)16-5-7-17(22)8-6-16/h3-12,14,19H,1-2H3,(H,25,27). The number of carbonyl (C=O) groups excluding carboxylic acids is 1. The maximum absolute atomic E-state index is 13.3. The number of aryl methyl sites for hydroxylation is 1. The highest BCUT2D eigenvalue weighted by molar-refractivity contribution is 5.81. The van der Waals surface area contributed by atoms with E-state index in [1.165, 1.54) is 12.1 Å². The summed E-state index contributed by atoms with van der Waals surface area (Å²) in [6.07, 6.45) is 2.62. The van der Waals surface area contributed by atoms with Crippen LogP contribution in [0.2, 0.25) is 0 Å². The third-order valence-electron chi connectivity index (χ3n) is 4.27. The third-order valence-corrected chi connectivity index (χ3v) is 4.27. The molecule has 0 aliphatic heterocycles. The normalized spacial score (nSPS) is 12.6. The van der Waals surface area contributed by atoms with Crippen molar-refractivity contribution in [1.29, 1.82) is 5.26 Å². The average Bonchev–Trinajstić information content (AvgIpc) is 3.13. The van der Waals surface area contributed by atoms with Crippen molar-refractivity contribution in [1.82, 2.24) is 14.9 Å². The first-order chi connectivity index (χ1) is 13.5. The summed E-state index contributed by atoms with van der Waals surface area (Å²) in [4.78, 5) is 17.0. The maximum atomic E-state index is 13.3. The summed E-state index contributed by atoms with van der Waals surface area (Å²) in [7, 11) is 1.82. The Balaban J connectivity index is 1.77. The van der Waals surface area contributed by atoms with Gasteiger partial charge in [0, 0.05) is 19.4 Å². The highest BCUT2D eigenvalue weighted by Gasteiger charge is 2.24. The van der Waals surface area contributed by atoms with Gasteiger partial charge in [0.15, 0.2) is 6.10 Å². The van der Waals surface area contributed by atoms with Crippen molar-refractivity contribution in [3.8, 4) is 11.8 Å². The zero-order valence-corrected chi connectivity index (χ0v) is 15.5. The van der Waals surface area contributed by atoms with Gasteiger partial charge < -0.3 is 14.6 Å². The van der Waals surface area contributed by atoms with Crippen LogP contribution in [0.5, 0.6) is 5.75 Å². The highest BCUT2D eigenvalue weighted by Crippen LogP contribution is 2.21. The number of imidazole rings is 1. The van der Waals surface area contributed by atoms with Gasteiger partial charge in [0.05, 0.1) is 11.6 Å². The Hall–Kier alpha value is -3.66. The Labute approximate surface area is 162 Å². The van der Waals surface area contributed by atoms with Gasteiger partial charge >= 0.3 is 0 Å². The Morgan fingerprint density at radius 2 is 1.89 bits per heavy atom. The van der Waals surface area contributed by atoms with Crippen LogP contribution in [0.25, 0.3) is 0 Å². The van der Waals surface area contributed by atoms with Crippen molar-refractivity contribution in [2.24, 2.45) is 7.05 Å². The number of hydrogen-bond acceptors (Lipinski definition) is 4. The summed E-state index contributed by atoms with van der Waals surface area (Å²) in [6, 6.07) is 13.9. The van der Waals surface area contributed by atoms with E-state index in [-0.39, 0.29) is 11.7 Å². The minimum atomic E-state index is -0.781. The van der Waals surface area contributed by atoms with E-state index >= 15 is 0 Å². The topological polar surface area (TPSA) is 79.9 Å². The molecule has 1 heterocycles. The first-order valence-corrected chi connectivity index (χ1v) is 8.68. The van der Waals surface area contributed by atoms with Crippen LogP contribution >= 0.6 is 0 Å². The molecular weight excluding hydrogens is 359 g/mol. The van der Waals surface area contributed by atoms with E-state index in [0.717, 1.165) is 0 Å². The molecule has 6 nitrogen and oxygen atoms in total. The van der Waals surface area contributed by atoms with Crippen molar-refractivity contribution < 1.29 is 13.9 Å². The summed E-state index contributed by atoms with van der Waals surface area (Å²) in [5, 5.41) is 11.8. The molecule has 3 rings (SSSR count). The van der Waals surface area contributed by atoms with Gasteiger partial charge in [-0.15, -0.1) is 0 Å². The molecule has 0 spiro atoms. The lowest BCUT2D eigenvalue weighted by Gasteiger charge is -2.22. The maximum Gasteiger partial charge on any atom is 0.261 e. The molecule has 0 radical (unpaired) electrons. The Morgan fingerprint density at radius 1 is 1.21 bits per heavy atom. The number of nitriles is 1. The van der Waals surface area contributed by atoms with Gasteiger partial charge in [-0.1, -0.05) is 12.1 Å². The van der Waals surface area contributed by atoms with E-state index in [1.807, 2.05) is 13.1 Å². The SMILES string of the molecule is CC(Oc1ccc(C#N)cc1)C(=O)NC(c1ccc(F)cc1)c1nccn1C. The molecule has 0 aliphatic carbocycles. The molecule has 2 atom stereocenters. The largest absolute Gasteiger partial charge is 0.481 e. The van der Waals surface area contributed by atoms with Crippen LogP contribution in [0, 0.1) is 17.1 Å². The second-order valence-electron chi connectivity index (χ2n) is 6.29. The molecular formula is C21H19FN4O2. The fourth-order valence-electron chi connectivity index (χ4n) is 2.73. The van der Waals surface area contributed by atoms with E-state index in [2.05, 4.69) is 10.3 Å². The first-order valence-electron chi connectivity index (χ1n) is 8.68. The molecule has 0 aliphatic rings. The van der Waals surface area contributed by atoms with Gasteiger partial charge in [-0.2, -0.15) is 5.26 Å². The van der Waals surface area contributed by atoms with E-state index in [1.54, 1.807) is 60.3 Å². The average molecular weight is 378 g/mol. The Morgan fingerprint density at radius 3 is 2.46 bits per heavy atom. The number of benzene rings is 2. The minimum Gasteiger partial charge on any atom is -0.481 e. The van der Waals surface area contributed by atoms with E-state index in [9.17, 15) is 9.18 Å². The Bertz CT molecular complexity index is 990. The lowest BCUT2D eigenvalue weighted by atomic mass is 10.1. The van der Waals surface area contributed by atoms with Crippen molar-refractivity contribution in [3.63, 3.8) is 0 Å². The van der Waals surface area contributed by atoms with Gasteiger partial charge in [0.25, 0.3) is 5.91 Å². The fraction of sp³-hybridized carbons (Fsp3) is 0.190. The molecule has 0 saturated carbocycles. The van der Waals surface area contributed by atoms with Gasteiger partial charge in [-0.3, -0.25) is 4.79 Å². The first kappa shape index (κ1) is 19.1. The van der Waals surface area contributed by atoms with Crippen molar-refractivity contribution >= 4 is 5.91 Å². The lowest BCUT2D eigenvalue weighted by molar-refractivity contribution is -0.127. The number of rotatable bonds is 6. The molecule has 142 valence electrons. The molecule has 1 N–H and O–H groups in total. The molecule has 7 heteroatoms. The number of halogens is 1. The van der Waals surface area contributed by atoms with Crippen LogP contribution in [0.1, 0.15) is 29.9 Å². The van der Waals surface area contributed by atoms with E-state index in [0.29, 0.717) is 22.7 Å². The van der Waals surface area contributed by atoms with Crippen LogP contribution in [-0.2, 0) is 11.8 Å². The summed E-state index contributed by atoms with van der Waals surface area (Å²) < 4.78 is 20.8. The second kappa shape index (κ2) is 8.35. The monoisotopic (exact) mass is 378 g/mol.